The van der Waals surface area contributed by atoms with E-state index < -0.39 is 0 Å². The Morgan fingerprint density at radius 2 is 2.62 bits per heavy atom. The lowest BCUT2D eigenvalue weighted by molar-refractivity contribution is 0.112. The number of methoxy groups -OCH3 is 1. The number of carbonyl (C=O) groups excluding carboxylic acids is 1. The van der Waals surface area contributed by atoms with Crippen molar-refractivity contribution in [1.82, 2.24) is 4.90 Å². The van der Waals surface area contributed by atoms with Crippen molar-refractivity contribution in [2.75, 3.05) is 13.7 Å². The van der Waals surface area contributed by atoms with Crippen LogP contribution in [-0.4, -0.2) is 30.7 Å². The molecule has 0 fully saturated rings. The van der Waals surface area contributed by atoms with Crippen LogP contribution in [0.5, 0.6) is 0 Å². The Labute approximate surface area is 78.7 Å². The Morgan fingerprint density at radius 3 is 3.23 bits per heavy atom. The van der Waals surface area contributed by atoms with Crippen molar-refractivity contribution >= 4 is 6.09 Å². The van der Waals surface area contributed by atoms with Crippen molar-refractivity contribution in [2.24, 2.45) is 0 Å². The zero-order chi connectivity index (χ0) is 9.68. The molecule has 0 aromatic rings. The van der Waals surface area contributed by atoms with Gasteiger partial charge in [-0.05, 0) is 12.8 Å². The van der Waals surface area contributed by atoms with Crippen molar-refractivity contribution in [3.63, 3.8) is 0 Å². The van der Waals surface area contributed by atoms with Gasteiger partial charge in [-0.2, -0.15) is 0 Å². The SMILES string of the molecule is C=CC[C@H]1C=CCCN1C(=O)OC. The quantitative estimate of drug-likeness (QED) is 0.609. The van der Waals surface area contributed by atoms with Gasteiger partial charge in [0.15, 0.2) is 0 Å². The van der Waals surface area contributed by atoms with Gasteiger partial charge in [0, 0.05) is 6.54 Å². The number of hydrogen-bond acceptors (Lipinski definition) is 2. The van der Waals surface area contributed by atoms with Gasteiger partial charge in [-0.1, -0.05) is 18.2 Å². The summed E-state index contributed by atoms with van der Waals surface area (Å²) in [6.07, 6.45) is 7.37. The van der Waals surface area contributed by atoms with Crippen LogP contribution < -0.4 is 0 Å². The normalized spacial score (nSPS) is 21.3. The molecule has 0 unspecified atom stereocenters. The van der Waals surface area contributed by atoms with E-state index in [0.717, 1.165) is 19.4 Å². The molecule has 1 aliphatic rings. The Morgan fingerprint density at radius 1 is 1.85 bits per heavy atom. The van der Waals surface area contributed by atoms with Gasteiger partial charge in [-0.25, -0.2) is 4.79 Å². The first-order chi connectivity index (χ1) is 6.29. The first-order valence-corrected chi connectivity index (χ1v) is 4.41. The lowest BCUT2D eigenvalue weighted by atomic mass is 10.1. The van der Waals surface area contributed by atoms with Gasteiger partial charge in [0.1, 0.15) is 0 Å². The van der Waals surface area contributed by atoms with Crippen LogP contribution in [0.4, 0.5) is 4.79 Å². The van der Waals surface area contributed by atoms with Crippen LogP contribution in [0.15, 0.2) is 24.8 Å². The van der Waals surface area contributed by atoms with Gasteiger partial charge < -0.3 is 9.64 Å². The van der Waals surface area contributed by atoms with E-state index in [1.165, 1.54) is 7.11 Å². The minimum atomic E-state index is -0.254. The Bertz CT molecular complexity index is 223. The zero-order valence-corrected chi connectivity index (χ0v) is 7.90. The van der Waals surface area contributed by atoms with Crippen molar-refractivity contribution < 1.29 is 9.53 Å². The summed E-state index contributed by atoms with van der Waals surface area (Å²) in [5.41, 5.74) is 0. The van der Waals surface area contributed by atoms with Crippen LogP contribution in [0.25, 0.3) is 0 Å². The molecule has 3 heteroatoms. The lowest BCUT2D eigenvalue weighted by Gasteiger charge is -2.30. The van der Waals surface area contributed by atoms with Crippen LogP contribution >= 0.6 is 0 Å². The van der Waals surface area contributed by atoms with Gasteiger partial charge >= 0.3 is 6.09 Å². The third kappa shape index (κ3) is 2.34. The molecule has 1 atom stereocenters. The number of nitrogens with zero attached hydrogens (tertiary/aromatic N) is 1. The largest absolute Gasteiger partial charge is 0.453 e. The number of carbonyl (C=O) groups is 1. The average Bonchev–Trinajstić information content (AvgIpc) is 2.18. The summed E-state index contributed by atoms with van der Waals surface area (Å²) in [4.78, 5) is 13.0. The molecule has 1 aliphatic heterocycles. The minimum absolute atomic E-state index is 0.124. The molecule has 1 rings (SSSR count). The third-order valence-corrected chi connectivity index (χ3v) is 2.11. The molecular weight excluding hydrogens is 166 g/mol. The van der Waals surface area contributed by atoms with Crippen LogP contribution in [0.3, 0.4) is 0 Å². The molecule has 13 heavy (non-hydrogen) atoms. The number of ether oxygens (including phenoxy) is 1. The van der Waals surface area contributed by atoms with Gasteiger partial charge in [0.2, 0.25) is 0 Å². The fourth-order valence-electron chi connectivity index (χ4n) is 1.46. The second kappa shape index (κ2) is 4.70. The molecule has 0 N–H and O–H groups in total. The van der Waals surface area contributed by atoms with Crippen LogP contribution in [0.1, 0.15) is 12.8 Å². The predicted octanol–water partition coefficient (Wildman–Crippen LogP) is 1.96. The van der Waals surface area contributed by atoms with E-state index in [2.05, 4.69) is 17.4 Å². The van der Waals surface area contributed by atoms with E-state index in [-0.39, 0.29) is 12.1 Å². The zero-order valence-electron chi connectivity index (χ0n) is 7.90. The maximum Gasteiger partial charge on any atom is 0.409 e. The highest BCUT2D eigenvalue weighted by Crippen LogP contribution is 2.14. The summed E-state index contributed by atoms with van der Waals surface area (Å²) in [6.45, 7) is 4.40. The van der Waals surface area contributed by atoms with E-state index in [0.29, 0.717) is 0 Å². The summed E-state index contributed by atoms with van der Waals surface area (Å²) in [6, 6.07) is 0.124. The maximum atomic E-state index is 11.3. The number of rotatable bonds is 2. The van der Waals surface area contributed by atoms with Gasteiger partial charge in [-0.15, -0.1) is 6.58 Å². The van der Waals surface area contributed by atoms with Crippen molar-refractivity contribution in [3.05, 3.63) is 24.8 Å². The monoisotopic (exact) mass is 181 g/mol. The molecule has 0 aliphatic carbocycles. The summed E-state index contributed by atoms with van der Waals surface area (Å²) in [5.74, 6) is 0. The number of amides is 1. The van der Waals surface area contributed by atoms with E-state index in [1.54, 1.807) is 4.90 Å². The van der Waals surface area contributed by atoms with Crippen LogP contribution in [0, 0.1) is 0 Å². The maximum absolute atomic E-state index is 11.3. The first-order valence-electron chi connectivity index (χ1n) is 4.41. The second-order valence-corrected chi connectivity index (χ2v) is 2.97. The minimum Gasteiger partial charge on any atom is -0.453 e. The molecule has 72 valence electrons. The molecule has 0 spiro atoms. The predicted molar refractivity (Wildman–Crippen MR) is 51.5 cm³/mol. The lowest BCUT2D eigenvalue weighted by Crippen LogP contribution is -2.41. The highest BCUT2D eigenvalue weighted by atomic mass is 16.5. The average molecular weight is 181 g/mol. The van der Waals surface area contributed by atoms with E-state index in [1.807, 2.05) is 12.2 Å². The second-order valence-electron chi connectivity index (χ2n) is 2.97. The highest BCUT2D eigenvalue weighted by molar-refractivity contribution is 5.68. The molecule has 0 saturated heterocycles. The van der Waals surface area contributed by atoms with Crippen molar-refractivity contribution in [3.8, 4) is 0 Å². The molecular formula is C10H15NO2. The highest BCUT2D eigenvalue weighted by Gasteiger charge is 2.22. The van der Waals surface area contributed by atoms with E-state index >= 15 is 0 Å². The Balaban J connectivity index is 2.64. The molecule has 3 nitrogen and oxygen atoms in total. The summed E-state index contributed by atoms with van der Waals surface area (Å²) >= 11 is 0. The van der Waals surface area contributed by atoms with E-state index in [4.69, 9.17) is 0 Å². The standard InChI is InChI=1S/C10H15NO2/c1-3-6-9-7-4-5-8-11(9)10(12)13-2/h3-4,7,9H,1,5-6,8H2,2H3/t9-/m0/s1. The smallest absolute Gasteiger partial charge is 0.409 e. The molecule has 0 aromatic carbocycles. The Kier molecular flexibility index (Phi) is 3.55. The van der Waals surface area contributed by atoms with Crippen molar-refractivity contribution in [1.29, 1.82) is 0 Å². The summed E-state index contributed by atoms with van der Waals surface area (Å²) in [5, 5.41) is 0. The molecule has 1 heterocycles. The first kappa shape index (κ1) is 9.84. The number of hydrogen-bond donors (Lipinski definition) is 0. The molecule has 0 radical (unpaired) electrons. The third-order valence-electron chi connectivity index (χ3n) is 2.11. The fraction of sp³-hybridized carbons (Fsp3) is 0.500. The molecule has 0 saturated carbocycles. The van der Waals surface area contributed by atoms with Crippen molar-refractivity contribution in [2.45, 2.75) is 18.9 Å². The van der Waals surface area contributed by atoms with Gasteiger partial charge in [0.05, 0.1) is 13.2 Å². The molecule has 0 bridgehead atoms. The molecule has 1 amide bonds. The van der Waals surface area contributed by atoms with Crippen LogP contribution in [-0.2, 0) is 4.74 Å². The van der Waals surface area contributed by atoms with E-state index in [9.17, 15) is 4.79 Å². The Hall–Kier alpha value is -1.25. The topological polar surface area (TPSA) is 29.5 Å². The summed E-state index contributed by atoms with van der Waals surface area (Å²) < 4.78 is 4.69. The molecule has 0 aromatic heterocycles. The fourth-order valence-corrected chi connectivity index (χ4v) is 1.46. The van der Waals surface area contributed by atoms with Crippen LogP contribution in [0.2, 0.25) is 0 Å². The van der Waals surface area contributed by atoms with Gasteiger partial charge in [-0.3, -0.25) is 0 Å². The summed E-state index contributed by atoms with van der Waals surface area (Å²) in [7, 11) is 1.41. The van der Waals surface area contributed by atoms with Gasteiger partial charge in [0.25, 0.3) is 0 Å².